The number of amides is 1. The Balaban J connectivity index is 2.12. The molecule has 0 aliphatic rings. The molecule has 0 radical (unpaired) electrons. The Labute approximate surface area is 138 Å². The monoisotopic (exact) mass is 323 g/mol. The van der Waals surface area contributed by atoms with Crippen LogP contribution in [0.3, 0.4) is 0 Å². The lowest BCUT2D eigenvalue weighted by atomic mass is 10.1. The van der Waals surface area contributed by atoms with Crippen LogP contribution in [-0.2, 0) is 4.79 Å². The number of carbonyl (C=O) groups excluding carboxylic acids is 1. The van der Waals surface area contributed by atoms with E-state index < -0.39 is 0 Å². The highest BCUT2D eigenvalue weighted by Gasteiger charge is 2.10. The van der Waals surface area contributed by atoms with Crippen molar-refractivity contribution < 1.29 is 9.90 Å². The van der Waals surface area contributed by atoms with Gasteiger partial charge in [0.2, 0.25) is 5.91 Å². The number of allylic oxidation sites excluding steroid dienone is 1. The van der Waals surface area contributed by atoms with Gasteiger partial charge < -0.3 is 10.0 Å². The van der Waals surface area contributed by atoms with Crippen molar-refractivity contribution in [2.75, 3.05) is 11.9 Å². The van der Waals surface area contributed by atoms with E-state index in [1.807, 2.05) is 12.1 Å². The number of aliphatic hydroxyl groups is 1. The first-order valence-corrected chi connectivity index (χ1v) is 8.27. The largest absolute Gasteiger partial charge is 0.513 e. The molecule has 0 fully saturated rings. The van der Waals surface area contributed by atoms with Gasteiger partial charge in [-0.3, -0.25) is 4.79 Å². The second kappa shape index (κ2) is 10.3. The molecule has 0 saturated carbocycles. The molecule has 0 unspecified atom stereocenters. The van der Waals surface area contributed by atoms with Crippen LogP contribution in [0.15, 0.2) is 36.6 Å². The number of anilines is 1. The Kier molecular flexibility index (Phi) is 8.68. The van der Waals surface area contributed by atoms with E-state index in [1.165, 1.54) is 0 Å². The van der Waals surface area contributed by atoms with Crippen molar-refractivity contribution in [3.63, 3.8) is 0 Å². The molecule has 1 rings (SSSR count). The average molecular weight is 324 g/mol. The number of hydrogen-bond acceptors (Lipinski definition) is 2. The van der Waals surface area contributed by atoms with Gasteiger partial charge in [0.1, 0.15) is 0 Å². The zero-order valence-electron chi connectivity index (χ0n) is 13.4. The van der Waals surface area contributed by atoms with Gasteiger partial charge >= 0.3 is 0 Å². The summed E-state index contributed by atoms with van der Waals surface area (Å²) in [5, 5.41) is 9.65. The van der Waals surface area contributed by atoms with E-state index in [1.54, 1.807) is 24.1 Å². The minimum atomic E-state index is 0.138. The first-order valence-electron chi connectivity index (χ1n) is 7.89. The molecule has 4 heteroatoms. The van der Waals surface area contributed by atoms with Gasteiger partial charge in [-0.2, -0.15) is 0 Å². The Morgan fingerprint density at radius 3 is 2.09 bits per heavy atom. The predicted molar refractivity (Wildman–Crippen MR) is 93.6 cm³/mol. The maximum Gasteiger partial charge on any atom is 0.226 e. The number of unbranched alkanes of at least 4 members (excludes halogenated alkanes) is 5. The molecule has 0 spiro atoms. The predicted octanol–water partition coefficient (Wildman–Crippen LogP) is 5.50. The maximum absolute atomic E-state index is 12.1. The van der Waals surface area contributed by atoms with Crippen LogP contribution in [0.4, 0.5) is 5.69 Å². The molecule has 0 atom stereocenters. The van der Waals surface area contributed by atoms with E-state index in [4.69, 9.17) is 16.7 Å². The van der Waals surface area contributed by atoms with E-state index >= 15 is 0 Å². The lowest BCUT2D eigenvalue weighted by Crippen LogP contribution is -2.25. The van der Waals surface area contributed by atoms with E-state index in [0.29, 0.717) is 17.9 Å². The lowest BCUT2D eigenvalue weighted by Gasteiger charge is -2.17. The number of nitrogens with zero attached hydrogens (tertiary/aromatic N) is 1. The Morgan fingerprint density at radius 2 is 1.55 bits per heavy atom. The third kappa shape index (κ3) is 7.51. The molecule has 1 amide bonds. The second-order valence-electron chi connectivity index (χ2n) is 5.62. The normalized spacial score (nSPS) is 10.5. The first-order chi connectivity index (χ1) is 10.5. The second-order valence-corrected chi connectivity index (χ2v) is 6.05. The first kappa shape index (κ1) is 18.6. The number of halogens is 1. The number of hydrogen-bond donors (Lipinski definition) is 1. The summed E-state index contributed by atoms with van der Waals surface area (Å²) in [6, 6.07) is 7.30. The van der Waals surface area contributed by atoms with Crippen LogP contribution in [0.5, 0.6) is 0 Å². The quantitative estimate of drug-likeness (QED) is 0.456. The summed E-state index contributed by atoms with van der Waals surface area (Å²) in [6.45, 7) is 3.47. The van der Waals surface area contributed by atoms with Gasteiger partial charge in [-0.1, -0.05) is 43.9 Å². The van der Waals surface area contributed by atoms with Crippen molar-refractivity contribution in [2.45, 2.75) is 51.4 Å². The van der Waals surface area contributed by atoms with Crippen molar-refractivity contribution in [2.24, 2.45) is 0 Å². The van der Waals surface area contributed by atoms with Gasteiger partial charge in [0, 0.05) is 30.6 Å². The molecule has 22 heavy (non-hydrogen) atoms. The van der Waals surface area contributed by atoms with Crippen molar-refractivity contribution in [3.05, 3.63) is 41.6 Å². The summed E-state index contributed by atoms with van der Waals surface area (Å²) in [4.78, 5) is 13.8. The minimum Gasteiger partial charge on any atom is -0.513 e. The highest BCUT2D eigenvalue weighted by molar-refractivity contribution is 6.30. The molecule has 122 valence electrons. The van der Waals surface area contributed by atoms with Crippen LogP contribution in [0.1, 0.15) is 51.4 Å². The highest BCUT2D eigenvalue weighted by atomic mass is 35.5. The fraction of sp³-hybridized carbons (Fsp3) is 0.500. The Bertz CT molecular complexity index is 470. The van der Waals surface area contributed by atoms with E-state index in [0.717, 1.165) is 44.2 Å². The van der Waals surface area contributed by atoms with Gasteiger partial charge in [0.05, 0.1) is 5.76 Å². The summed E-state index contributed by atoms with van der Waals surface area (Å²) in [6.07, 6.45) is 7.65. The third-order valence-electron chi connectivity index (χ3n) is 3.69. The molecule has 0 bridgehead atoms. The minimum absolute atomic E-state index is 0.138. The van der Waals surface area contributed by atoms with Gasteiger partial charge in [-0.15, -0.1) is 0 Å². The number of carbonyl (C=O) groups is 1. The molecule has 3 nitrogen and oxygen atoms in total. The number of rotatable bonds is 10. The Hall–Kier alpha value is -1.48. The summed E-state index contributed by atoms with van der Waals surface area (Å²) < 4.78 is 0. The van der Waals surface area contributed by atoms with Gasteiger partial charge in [-0.05, 0) is 37.1 Å². The Morgan fingerprint density at radius 1 is 1.05 bits per heavy atom. The third-order valence-corrected chi connectivity index (χ3v) is 3.95. The smallest absolute Gasteiger partial charge is 0.226 e. The highest BCUT2D eigenvalue weighted by Crippen LogP contribution is 2.18. The van der Waals surface area contributed by atoms with Gasteiger partial charge in [0.25, 0.3) is 0 Å². The molecule has 1 aromatic rings. The molecule has 0 aliphatic heterocycles. The summed E-state index contributed by atoms with van der Waals surface area (Å²) in [7, 11) is 1.80. The van der Waals surface area contributed by atoms with Crippen LogP contribution < -0.4 is 4.90 Å². The topological polar surface area (TPSA) is 40.5 Å². The number of aliphatic hydroxyl groups excluding tert-OH is 1. The zero-order chi connectivity index (χ0) is 16.4. The maximum atomic E-state index is 12.1. The molecule has 1 aromatic carbocycles. The van der Waals surface area contributed by atoms with E-state index in [2.05, 4.69) is 6.58 Å². The number of benzene rings is 1. The van der Waals surface area contributed by atoms with E-state index in [9.17, 15) is 4.79 Å². The fourth-order valence-electron chi connectivity index (χ4n) is 2.29. The molecule has 0 aromatic heterocycles. The molecular formula is C18H26ClNO2. The van der Waals surface area contributed by atoms with Crippen LogP contribution in [0, 0.1) is 0 Å². The summed E-state index contributed by atoms with van der Waals surface area (Å²) in [5.74, 6) is 0.412. The SMILES string of the molecule is C=C(O)CCCCCCCCC(=O)N(C)c1ccc(Cl)cc1. The van der Waals surface area contributed by atoms with Crippen LogP contribution in [-0.4, -0.2) is 18.1 Å². The average Bonchev–Trinajstić information content (AvgIpc) is 2.49. The molecule has 0 heterocycles. The zero-order valence-corrected chi connectivity index (χ0v) is 14.1. The standard InChI is InChI=1S/C18H26ClNO2/c1-15(21)9-7-5-3-4-6-8-10-18(22)20(2)17-13-11-16(19)12-14-17/h11-14,21H,1,3-10H2,2H3. The van der Waals surface area contributed by atoms with Crippen LogP contribution in [0.2, 0.25) is 5.02 Å². The molecule has 0 saturated heterocycles. The van der Waals surface area contributed by atoms with Gasteiger partial charge in [0.15, 0.2) is 0 Å². The molecular weight excluding hydrogens is 298 g/mol. The van der Waals surface area contributed by atoms with Crippen molar-refractivity contribution in [1.82, 2.24) is 0 Å². The lowest BCUT2D eigenvalue weighted by molar-refractivity contribution is -0.118. The van der Waals surface area contributed by atoms with E-state index in [-0.39, 0.29) is 11.7 Å². The molecule has 0 aliphatic carbocycles. The van der Waals surface area contributed by atoms with Crippen LogP contribution in [0.25, 0.3) is 0 Å². The van der Waals surface area contributed by atoms with Crippen LogP contribution >= 0.6 is 11.6 Å². The van der Waals surface area contributed by atoms with Crippen molar-refractivity contribution >= 4 is 23.2 Å². The summed E-state index contributed by atoms with van der Waals surface area (Å²) in [5.41, 5.74) is 0.874. The van der Waals surface area contributed by atoms with Crippen molar-refractivity contribution in [1.29, 1.82) is 0 Å². The van der Waals surface area contributed by atoms with Gasteiger partial charge in [-0.25, -0.2) is 0 Å². The molecule has 1 N–H and O–H groups in total. The summed E-state index contributed by atoms with van der Waals surface area (Å²) >= 11 is 5.85. The van der Waals surface area contributed by atoms with Crippen molar-refractivity contribution in [3.8, 4) is 0 Å². The fourth-order valence-corrected chi connectivity index (χ4v) is 2.41.